The summed E-state index contributed by atoms with van der Waals surface area (Å²) in [6, 6.07) is 2.17. The van der Waals surface area contributed by atoms with E-state index in [1.54, 1.807) is 6.33 Å². The Morgan fingerprint density at radius 1 is 1.17 bits per heavy atom. The molecule has 0 aromatic carbocycles. The first-order valence-electron chi connectivity index (χ1n) is 8.84. The Balaban J connectivity index is 1.61. The lowest BCUT2D eigenvalue weighted by atomic mass is 9.72. The van der Waals surface area contributed by atoms with Crippen LogP contribution in [0.5, 0.6) is 0 Å². The van der Waals surface area contributed by atoms with Gasteiger partial charge in [0.15, 0.2) is 0 Å². The van der Waals surface area contributed by atoms with Crippen molar-refractivity contribution in [1.29, 1.82) is 0 Å². The monoisotopic (exact) mass is 314 g/mol. The molecule has 0 atom stereocenters. The summed E-state index contributed by atoms with van der Waals surface area (Å²) in [7, 11) is 0. The van der Waals surface area contributed by atoms with Crippen molar-refractivity contribution in [3.63, 3.8) is 0 Å². The van der Waals surface area contributed by atoms with E-state index in [9.17, 15) is 0 Å². The second kappa shape index (κ2) is 5.74. The number of aryl methyl sites for hydroxylation is 1. The van der Waals surface area contributed by atoms with Crippen LogP contribution < -0.4 is 4.90 Å². The van der Waals surface area contributed by atoms with Crippen molar-refractivity contribution < 1.29 is 0 Å². The normalized spacial score (nSPS) is 22.1. The molecule has 0 saturated carbocycles. The van der Waals surface area contributed by atoms with Crippen molar-refractivity contribution in [3.05, 3.63) is 18.1 Å². The second-order valence-corrected chi connectivity index (χ2v) is 7.23. The molecule has 2 aromatic heterocycles. The minimum atomic E-state index is 0.484. The molecule has 0 aliphatic carbocycles. The smallest absolute Gasteiger partial charge is 0.200 e. The van der Waals surface area contributed by atoms with Crippen LogP contribution in [0, 0.1) is 12.3 Å². The third kappa shape index (κ3) is 2.69. The number of rotatable bonds is 2. The molecule has 0 bridgehead atoms. The molecule has 2 saturated heterocycles. The molecule has 0 amide bonds. The van der Waals surface area contributed by atoms with Crippen molar-refractivity contribution >= 4 is 11.3 Å². The maximum atomic E-state index is 4.47. The van der Waals surface area contributed by atoms with Gasteiger partial charge in [-0.15, -0.1) is 10.2 Å². The highest BCUT2D eigenvalue weighted by atomic mass is 15.4. The third-order valence-electron chi connectivity index (χ3n) is 5.74. The fourth-order valence-electron chi connectivity index (χ4n) is 4.33. The van der Waals surface area contributed by atoms with Crippen LogP contribution >= 0.6 is 0 Å². The van der Waals surface area contributed by atoms with Gasteiger partial charge in [-0.3, -0.25) is 0 Å². The van der Waals surface area contributed by atoms with Crippen LogP contribution in [-0.4, -0.2) is 57.4 Å². The van der Waals surface area contributed by atoms with E-state index < -0.39 is 0 Å². The first-order chi connectivity index (χ1) is 11.2. The quantitative estimate of drug-likeness (QED) is 0.850. The summed E-state index contributed by atoms with van der Waals surface area (Å²) in [5, 5.41) is 12.8. The van der Waals surface area contributed by atoms with Crippen molar-refractivity contribution in [2.45, 2.75) is 39.5 Å². The fraction of sp³-hybridized carbons (Fsp3) is 0.706. The van der Waals surface area contributed by atoms with E-state index in [0.29, 0.717) is 5.41 Å². The average Bonchev–Trinajstić information content (AvgIpc) is 3.03. The summed E-state index contributed by atoms with van der Waals surface area (Å²) in [5.74, 6) is 0. The van der Waals surface area contributed by atoms with Crippen LogP contribution in [0.1, 0.15) is 38.3 Å². The van der Waals surface area contributed by atoms with Gasteiger partial charge in [-0.05, 0) is 63.7 Å². The predicted octanol–water partition coefficient (Wildman–Crippen LogP) is 2.14. The van der Waals surface area contributed by atoms with Gasteiger partial charge in [-0.2, -0.15) is 9.61 Å². The molecule has 0 N–H and O–H groups in total. The highest BCUT2D eigenvalue weighted by Gasteiger charge is 2.38. The summed E-state index contributed by atoms with van der Waals surface area (Å²) in [5.41, 5.74) is 3.59. The Hall–Kier alpha value is -1.69. The van der Waals surface area contributed by atoms with Gasteiger partial charge in [0.1, 0.15) is 6.33 Å². The zero-order chi connectivity index (χ0) is 15.9. The largest absolute Gasteiger partial charge is 0.368 e. The summed E-state index contributed by atoms with van der Waals surface area (Å²) in [6.07, 6.45) is 6.99. The van der Waals surface area contributed by atoms with E-state index >= 15 is 0 Å². The highest BCUT2D eigenvalue weighted by molar-refractivity contribution is 5.68. The fourth-order valence-corrected chi connectivity index (χ4v) is 4.33. The van der Waals surface area contributed by atoms with E-state index in [1.165, 1.54) is 51.0 Å². The first kappa shape index (κ1) is 14.9. The molecule has 6 nitrogen and oxygen atoms in total. The molecular weight excluding hydrogens is 288 g/mol. The standard InChI is InChI=1S/C17H26N6/c1-3-21-9-6-17(7-10-21)5-4-8-22(12-17)15-11-14(2)20-23-13-18-19-16(15)23/h11,13H,3-10,12H2,1-2H3. The molecule has 2 aromatic rings. The number of likely N-dealkylation sites (tertiary alicyclic amines) is 1. The van der Waals surface area contributed by atoms with Gasteiger partial charge in [0.25, 0.3) is 0 Å². The molecule has 6 heteroatoms. The van der Waals surface area contributed by atoms with Crippen LogP contribution in [0.15, 0.2) is 12.4 Å². The predicted molar refractivity (Wildman–Crippen MR) is 90.7 cm³/mol. The van der Waals surface area contributed by atoms with Gasteiger partial charge in [0, 0.05) is 13.1 Å². The summed E-state index contributed by atoms with van der Waals surface area (Å²) in [6.45, 7) is 10.3. The maximum absolute atomic E-state index is 4.47. The molecule has 124 valence electrons. The molecule has 2 fully saturated rings. The number of nitrogens with zero attached hydrogens (tertiary/aromatic N) is 6. The van der Waals surface area contributed by atoms with E-state index in [2.05, 4.69) is 38.1 Å². The summed E-state index contributed by atoms with van der Waals surface area (Å²) < 4.78 is 1.81. The number of piperidine rings is 2. The SMILES string of the molecule is CCN1CCC2(CCCN(c3cc(C)nn4cnnc34)C2)CC1. The molecular formula is C17H26N6. The zero-order valence-corrected chi connectivity index (χ0v) is 14.2. The van der Waals surface area contributed by atoms with E-state index in [1.807, 2.05) is 11.4 Å². The number of hydrogen-bond donors (Lipinski definition) is 0. The van der Waals surface area contributed by atoms with E-state index in [0.717, 1.165) is 24.4 Å². The van der Waals surface area contributed by atoms with Crippen molar-refractivity contribution in [2.75, 3.05) is 37.6 Å². The maximum Gasteiger partial charge on any atom is 0.200 e. The minimum absolute atomic E-state index is 0.484. The molecule has 23 heavy (non-hydrogen) atoms. The lowest BCUT2D eigenvalue weighted by Gasteiger charge is -2.48. The van der Waals surface area contributed by atoms with Gasteiger partial charge in [0.2, 0.25) is 5.65 Å². The van der Waals surface area contributed by atoms with Gasteiger partial charge in [0.05, 0.1) is 11.4 Å². The molecule has 0 radical (unpaired) electrons. The molecule has 4 rings (SSSR count). The Labute approximate surface area is 137 Å². The molecule has 2 aliphatic heterocycles. The Morgan fingerprint density at radius 3 is 2.78 bits per heavy atom. The van der Waals surface area contributed by atoms with Crippen molar-refractivity contribution in [1.82, 2.24) is 24.7 Å². The van der Waals surface area contributed by atoms with Gasteiger partial charge in [-0.25, -0.2) is 0 Å². The summed E-state index contributed by atoms with van der Waals surface area (Å²) in [4.78, 5) is 5.11. The number of fused-ring (bicyclic) bond motifs is 1. The second-order valence-electron chi connectivity index (χ2n) is 7.23. The topological polar surface area (TPSA) is 49.6 Å². The van der Waals surface area contributed by atoms with Gasteiger partial charge < -0.3 is 9.80 Å². The van der Waals surface area contributed by atoms with Crippen LogP contribution in [0.25, 0.3) is 5.65 Å². The zero-order valence-electron chi connectivity index (χ0n) is 14.2. The van der Waals surface area contributed by atoms with Crippen LogP contribution in [0.2, 0.25) is 0 Å². The molecule has 1 spiro atoms. The molecule has 0 unspecified atom stereocenters. The van der Waals surface area contributed by atoms with Crippen LogP contribution in [0.4, 0.5) is 5.69 Å². The highest BCUT2D eigenvalue weighted by Crippen LogP contribution is 2.41. The average molecular weight is 314 g/mol. The van der Waals surface area contributed by atoms with Gasteiger partial charge in [-0.1, -0.05) is 6.92 Å². The van der Waals surface area contributed by atoms with Crippen molar-refractivity contribution in [2.24, 2.45) is 5.41 Å². The van der Waals surface area contributed by atoms with Crippen molar-refractivity contribution in [3.8, 4) is 0 Å². The number of hydrogen-bond acceptors (Lipinski definition) is 5. The van der Waals surface area contributed by atoms with E-state index in [4.69, 9.17) is 0 Å². The molecule has 4 heterocycles. The van der Waals surface area contributed by atoms with Crippen LogP contribution in [0.3, 0.4) is 0 Å². The Bertz CT molecular complexity index is 685. The van der Waals surface area contributed by atoms with Crippen LogP contribution in [-0.2, 0) is 0 Å². The first-order valence-corrected chi connectivity index (χ1v) is 8.84. The lowest BCUT2D eigenvalue weighted by Crippen LogP contribution is -2.49. The number of anilines is 1. The summed E-state index contributed by atoms with van der Waals surface area (Å²) >= 11 is 0. The Kier molecular flexibility index (Phi) is 3.71. The van der Waals surface area contributed by atoms with E-state index in [-0.39, 0.29) is 0 Å². The Morgan fingerprint density at radius 2 is 2.00 bits per heavy atom. The number of aromatic nitrogens is 4. The lowest BCUT2D eigenvalue weighted by molar-refractivity contribution is 0.0914. The minimum Gasteiger partial charge on any atom is -0.368 e. The molecule has 2 aliphatic rings. The van der Waals surface area contributed by atoms with Gasteiger partial charge >= 0.3 is 0 Å². The third-order valence-corrected chi connectivity index (χ3v) is 5.74.